The van der Waals surface area contributed by atoms with E-state index < -0.39 is 12.7 Å². The first-order valence-electron chi connectivity index (χ1n) is 9.44. The number of hydrogen-bond acceptors (Lipinski definition) is 3. The molecule has 29 heavy (non-hydrogen) atoms. The first kappa shape index (κ1) is 19.6. The maximum absolute atomic E-state index is 13.4. The van der Waals surface area contributed by atoms with Gasteiger partial charge < -0.3 is 4.98 Å². The molecule has 0 bridgehead atoms. The molecule has 0 radical (unpaired) electrons. The molecule has 1 aliphatic rings. The van der Waals surface area contributed by atoms with Gasteiger partial charge in [-0.05, 0) is 43.7 Å². The van der Waals surface area contributed by atoms with E-state index in [0.29, 0.717) is 36.6 Å². The number of aromatic amines is 1. The van der Waals surface area contributed by atoms with Gasteiger partial charge in [0.05, 0.1) is 24.1 Å². The lowest BCUT2D eigenvalue weighted by molar-refractivity contribution is -0.148. The second-order valence-electron chi connectivity index (χ2n) is 7.31. The summed E-state index contributed by atoms with van der Waals surface area (Å²) in [6.45, 7) is -0.0964. The van der Waals surface area contributed by atoms with Crippen LogP contribution in [0.3, 0.4) is 0 Å². The molecule has 0 amide bonds. The summed E-state index contributed by atoms with van der Waals surface area (Å²) < 4.78 is 51.4. The molecule has 1 atom stereocenters. The molecule has 3 heterocycles. The third-order valence-electron chi connectivity index (χ3n) is 5.09. The first-order chi connectivity index (χ1) is 13.9. The zero-order chi connectivity index (χ0) is 20.4. The third kappa shape index (κ3) is 4.82. The number of pyridine rings is 1. The van der Waals surface area contributed by atoms with Crippen LogP contribution in [0.15, 0.2) is 48.8 Å². The highest BCUT2D eigenvalue weighted by Gasteiger charge is 2.33. The van der Waals surface area contributed by atoms with Crippen LogP contribution in [0.1, 0.15) is 24.6 Å². The quantitative estimate of drug-likeness (QED) is 0.621. The van der Waals surface area contributed by atoms with E-state index in [1.807, 2.05) is 6.07 Å². The average molecular weight is 404 g/mol. The van der Waals surface area contributed by atoms with Gasteiger partial charge in [-0.2, -0.15) is 13.2 Å². The maximum Gasteiger partial charge on any atom is 0.401 e. The van der Waals surface area contributed by atoms with Crippen LogP contribution in [0.25, 0.3) is 22.5 Å². The summed E-state index contributed by atoms with van der Waals surface area (Å²) >= 11 is 0. The predicted octanol–water partition coefficient (Wildman–Crippen LogP) is 5.02. The Hall–Kier alpha value is -2.74. The Balaban J connectivity index is 1.47. The van der Waals surface area contributed by atoms with E-state index in [1.54, 1.807) is 30.6 Å². The van der Waals surface area contributed by atoms with E-state index in [0.717, 1.165) is 17.7 Å². The summed E-state index contributed by atoms with van der Waals surface area (Å²) in [6.07, 6.45) is 0.676. The highest BCUT2D eigenvalue weighted by atomic mass is 19.4. The Morgan fingerprint density at radius 2 is 1.93 bits per heavy atom. The number of aromatic nitrogens is 3. The van der Waals surface area contributed by atoms with Gasteiger partial charge in [0, 0.05) is 29.8 Å². The van der Waals surface area contributed by atoms with Crippen LogP contribution in [0.5, 0.6) is 0 Å². The summed E-state index contributed by atoms with van der Waals surface area (Å²) in [5, 5.41) is 0. The molecular weight excluding hydrogens is 384 g/mol. The van der Waals surface area contributed by atoms with E-state index >= 15 is 0 Å². The highest BCUT2D eigenvalue weighted by molar-refractivity contribution is 5.64. The van der Waals surface area contributed by atoms with Crippen molar-refractivity contribution in [3.05, 3.63) is 60.4 Å². The number of rotatable bonds is 4. The number of H-pyrrole nitrogens is 1. The van der Waals surface area contributed by atoms with Gasteiger partial charge in [0.1, 0.15) is 11.6 Å². The molecule has 8 heteroatoms. The number of benzene rings is 1. The number of piperidine rings is 1. The molecule has 152 valence electrons. The van der Waals surface area contributed by atoms with Crippen molar-refractivity contribution in [1.29, 1.82) is 0 Å². The molecule has 1 unspecified atom stereocenters. The standard InChI is InChI=1S/C21H20F4N4/c22-17-5-1-3-14(9-17)18-7-6-15(10-26-18)19-11-27-20(28-19)16-4-2-8-29(12-16)13-21(23,24)25/h1,3,5-7,9-11,16H,2,4,8,12-13H2,(H,27,28). The summed E-state index contributed by atoms with van der Waals surface area (Å²) in [4.78, 5) is 13.5. The molecule has 1 aromatic carbocycles. The Morgan fingerprint density at radius 1 is 1.07 bits per heavy atom. The number of imidazole rings is 1. The topological polar surface area (TPSA) is 44.8 Å². The van der Waals surface area contributed by atoms with Crippen molar-refractivity contribution in [3.63, 3.8) is 0 Å². The van der Waals surface area contributed by atoms with E-state index in [9.17, 15) is 17.6 Å². The van der Waals surface area contributed by atoms with Crippen LogP contribution in [0.2, 0.25) is 0 Å². The van der Waals surface area contributed by atoms with Crippen LogP contribution in [0, 0.1) is 5.82 Å². The number of halogens is 4. The number of nitrogens with one attached hydrogen (secondary N) is 1. The van der Waals surface area contributed by atoms with Crippen molar-refractivity contribution in [3.8, 4) is 22.5 Å². The Morgan fingerprint density at radius 3 is 2.66 bits per heavy atom. The van der Waals surface area contributed by atoms with Crippen molar-refractivity contribution < 1.29 is 17.6 Å². The molecule has 1 fully saturated rings. The minimum Gasteiger partial charge on any atom is -0.342 e. The van der Waals surface area contributed by atoms with E-state index in [2.05, 4.69) is 15.0 Å². The lowest BCUT2D eigenvalue weighted by Crippen LogP contribution is -2.40. The highest BCUT2D eigenvalue weighted by Crippen LogP contribution is 2.29. The van der Waals surface area contributed by atoms with Gasteiger partial charge in [0.15, 0.2) is 0 Å². The van der Waals surface area contributed by atoms with Crippen LogP contribution in [0.4, 0.5) is 17.6 Å². The van der Waals surface area contributed by atoms with Crippen LogP contribution in [-0.4, -0.2) is 45.7 Å². The molecule has 1 saturated heterocycles. The maximum atomic E-state index is 13.4. The van der Waals surface area contributed by atoms with Crippen LogP contribution < -0.4 is 0 Å². The van der Waals surface area contributed by atoms with Crippen LogP contribution in [-0.2, 0) is 0 Å². The number of alkyl halides is 3. The van der Waals surface area contributed by atoms with E-state index in [1.165, 1.54) is 17.0 Å². The lowest BCUT2D eigenvalue weighted by atomic mass is 9.97. The molecule has 1 aliphatic heterocycles. The molecule has 0 saturated carbocycles. The smallest absolute Gasteiger partial charge is 0.342 e. The lowest BCUT2D eigenvalue weighted by Gasteiger charge is -2.32. The second-order valence-corrected chi connectivity index (χ2v) is 7.31. The van der Waals surface area contributed by atoms with Crippen molar-refractivity contribution in [2.45, 2.75) is 24.9 Å². The zero-order valence-corrected chi connectivity index (χ0v) is 15.6. The van der Waals surface area contributed by atoms with E-state index in [4.69, 9.17) is 0 Å². The number of likely N-dealkylation sites (tertiary alicyclic amines) is 1. The molecular formula is C21H20F4N4. The molecule has 0 aliphatic carbocycles. The van der Waals surface area contributed by atoms with Gasteiger partial charge in [-0.15, -0.1) is 0 Å². The normalized spacial score (nSPS) is 18.1. The minimum absolute atomic E-state index is 0.0561. The van der Waals surface area contributed by atoms with Gasteiger partial charge in [-0.25, -0.2) is 9.37 Å². The average Bonchev–Trinajstić information content (AvgIpc) is 3.17. The fraction of sp³-hybridized carbons (Fsp3) is 0.333. The summed E-state index contributed by atoms with van der Waals surface area (Å²) in [5.74, 6) is 0.319. The first-order valence-corrected chi connectivity index (χ1v) is 9.44. The molecule has 4 rings (SSSR count). The molecule has 2 aromatic heterocycles. The molecule has 3 aromatic rings. The fourth-order valence-electron chi connectivity index (χ4n) is 3.74. The van der Waals surface area contributed by atoms with Crippen molar-refractivity contribution in [2.24, 2.45) is 0 Å². The van der Waals surface area contributed by atoms with E-state index in [-0.39, 0.29) is 11.7 Å². The molecule has 1 N–H and O–H groups in total. The van der Waals surface area contributed by atoms with Gasteiger partial charge in [0.25, 0.3) is 0 Å². The Labute approximate surface area is 165 Å². The van der Waals surface area contributed by atoms with Crippen LogP contribution >= 0.6 is 0 Å². The summed E-state index contributed by atoms with van der Waals surface area (Å²) in [6, 6.07) is 9.89. The van der Waals surface area contributed by atoms with Crippen molar-refractivity contribution in [1.82, 2.24) is 19.9 Å². The third-order valence-corrected chi connectivity index (χ3v) is 5.09. The van der Waals surface area contributed by atoms with Crippen molar-refractivity contribution in [2.75, 3.05) is 19.6 Å². The second kappa shape index (κ2) is 7.94. The molecule has 4 nitrogen and oxygen atoms in total. The summed E-state index contributed by atoms with van der Waals surface area (Å²) in [5.41, 5.74) is 2.91. The SMILES string of the molecule is Fc1cccc(-c2ccc(-c3cnc(C4CCCN(CC(F)(F)F)C4)[nH]3)cn2)c1. The minimum atomic E-state index is -4.19. The summed E-state index contributed by atoms with van der Waals surface area (Å²) in [7, 11) is 0. The van der Waals surface area contributed by atoms with Crippen molar-refractivity contribution >= 4 is 0 Å². The Bertz CT molecular complexity index is 965. The van der Waals surface area contributed by atoms with Gasteiger partial charge >= 0.3 is 6.18 Å². The molecule has 0 spiro atoms. The fourth-order valence-corrected chi connectivity index (χ4v) is 3.74. The largest absolute Gasteiger partial charge is 0.401 e. The zero-order valence-electron chi connectivity index (χ0n) is 15.6. The number of nitrogens with zero attached hydrogens (tertiary/aromatic N) is 3. The monoisotopic (exact) mass is 404 g/mol. The van der Waals surface area contributed by atoms with Gasteiger partial charge in [-0.3, -0.25) is 9.88 Å². The predicted molar refractivity (Wildman–Crippen MR) is 102 cm³/mol. The van der Waals surface area contributed by atoms with Gasteiger partial charge in [-0.1, -0.05) is 12.1 Å². The van der Waals surface area contributed by atoms with Gasteiger partial charge in [0.2, 0.25) is 0 Å². The number of hydrogen-bond donors (Lipinski definition) is 1. The Kier molecular flexibility index (Phi) is 5.36.